The van der Waals surface area contributed by atoms with Crippen LogP contribution < -0.4 is 5.06 Å². The SMILES string of the molecule is Cc1ccc(N([O-])c2ccc[nH]2)[nH]1. The Kier molecular flexibility index (Phi) is 1.83. The first-order chi connectivity index (χ1) is 6.27. The van der Waals surface area contributed by atoms with Gasteiger partial charge in [0.25, 0.3) is 0 Å². The molecule has 4 heteroatoms. The predicted molar refractivity (Wildman–Crippen MR) is 51.8 cm³/mol. The highest BCUT2D eigenvalue weighted by atomic mass is 16.5. The molecule has 68 valence electrons. The van der Waals surface area contributed by atoms with Gasteiger partial charge in [0.1, 0.15) is 11.6 Å². The van der Waals surface area contributed by atoms with Crippen LogP contribution >= 0.6 is 0 Å². The third kappa shape index (κ3) is 1.43. The molecule has 0 saturated heterocycles. The number of H-pyrrole nitrogens is 2. The van der Waals surface area contributed by atoms with E-state index in [0.717, 1.165) is 10.8 Å². The van der Waals surface area contributed by atoms with Crippen molar-refractivity contribution in [3.8, 4) is 0 Å². The van der Waals surface area contributed by atoms with Crippen LogP contribution in [0.4, 0.5) is 11.6 Å². The molecule has 0 aliphatic rings. The van der Waals surface area contributed by atoms with Crippen LogP contribution in [0.3, 0.4) is 0 Å². The maximum Gasteiger partial charge on any atom is 0.100 e. The Morgan fingerprint density at radius 1 is 1.23 bits per heavy atom. The van der Waals surface area contributed by atoms with E-state index in [1.54, 1.807) is 24.4 Å². The van der Waals surface area contributed by atoms with E-state index in [1.807, 2.05) is 13.0 Å². The lowest BCUT2D eigenvalue weighted by Gasteiger charge is -2.27. The fourth-order valence-electron chi connectivity index (χ4n) is 1.18. The largest absolute Gasteiger partial charge is 0.752 e. The fourth-order valence-corrected chi connectivity index (χ4v) is 1.18. The van der Waals surface area contributed by atoms with Crippen LogP contribution in [0.25, 0.3) is 0 Å². The molecule has 0 amide bonds. The molecule has 0 aromatic carbocycles. The molecule has 2 N–H and O–H groups in total. The normalized spacial score (nSPS) is 10.3. The molecule has 0 radical (unpaired) electrons. The molecule has 2 aromatic rings. The lowest BCUT2D eigenvalue weighted by Crippen LogP contribution is -2.07. The average molecular weight is 176 g/mol. The Hall–Kier alpha value is -1.68. The van der Waals surface area contributed by atoms with Gasteiger partial charge in [-0.2, -0.15) is 0 Å². The van der Waals surface area contributed by atoms with Crippen molar-refractivity contribution in [2.45, 2.75) is 6.92 Å². The third-order valence-electron chi connectivity index (χ3n) is 1.84. The second kappa shape index (κ2) is 2.99. The summed E-state index contributed by atoms with van der Waals surface area (Å²) in [6.07, 6.45) is 1.72. The van der Waals surface area contributed by atoms with Gasteiger partial charge in [-0.05, 0) is 31.2 Å². The predicted octanol–water partition coefficient (Wildman–Crippen LogP) is 2.29. The van der Waals surface area contributed by atoms with Gasteiger partial charge in [-0.3, -0.25) is 0 Å². The van der Waals surface area contributed by atoms with Crippen molar-refractivity contribution in [3.05, 3.63) is 41.4 Å². The van der Waals surface area contributed by atoms with Crippen molar-refractivity contribution in [1.82, 2.24) is 9.97 Å². The minimum absolute atomic E-state index is 0.529. The number of rotatable bonds is 2. The summed E-state index contributed by atoms with van der Waals surface area (Å²) in [5.41, 5.74) is 0.974. The molecule has 0 saturated carbocycles. The molecular formula is C9H10N3O-. The molecule has 0 aliphatic heterocycles. The highest BCUT2D eigenvalue weighted by Crippen LogP contribution is 2.20. The number of aromatic amines is 2. The van der Waals surface area contributed by atoms with Crippen molar-refractivity contribution in [3.63, 3.8) is 0 Å². The second-order valence-corrected chi connectivity index (χ2v) is 2.88. The second-order valence-electron chi connectivity index (χ2n) is 2.88. The number of hydrogen-bond donors (Lipinski definition) is 2. The fraction of sp³-hybridized carbons (Fsp3) is 0.111. The Morgan fingerprint density at radius 3 is 2.62 bits per heavy atom. The number of nitrogens with zero attached hydrogens (tertiary/aromatic N) is 1. The molecule has 13 heavy (non-hydrogen) atoms. The van der Waals surface area contributed by atoms with E-state index in [-0.39, 0.29) is 0 Å². The van der Waals surface area contributed by atoms with Crippen LogP contribution in [0.1, 0.15) is 5.69 Å². The van der Waals surface area contributed by atoms with Crippen molar-refractivity contribution < 1.29 is 0 Å². The molecule has 0 aliphatic carbocycles. The smallest absolute Gasteiger partial charge is 0.100 e. The zero-order valence-corrected chi connectivity index (χ0v) is 7.24. The average Bonchev–Trinajstić information content (AvgIpc) is 2.72. The summed E-state index contributed by atoms with van der Waals surface area (Å²) in [5, 5.41) is 12.4. The highest BCUT2D eigenvalue weighted by Gasteiger charge is 1.99. The standard InChI is InChI=1S/C9H10N3O/c1-7-4-5-9(11-7)12(13)8-3-2-6-10-8/h2-6,10-11H,1H3/q-1. The quantitative estimate of drug-likeness (QED) is 0.689. The molecule has 0 bridgehead atoms. The van der Waals surface area contributed by atoms with Gasteiger partial charge in [-0.1, -0.05) is 0 Å². The zero-order valence-electron chi connectivity index (χ0n) is 7.24. The van der Waals surface area contributed by atoms with Crippen LogP contribution in [0.15, 0.2) is 30.5 Å². The maximum absolute atomic E-state index is 11.6. The first-order valence-corrected chi connectivity index (χ1v) is 4.03. The van der Waals surface area contributed by atoms with Crippen molar-refractivity contribution in [2.75, 3.05) is 5.06 Å². The molecule has 0 fully saturated rings. The molecular weight excluding hydrogens is 166 g/mol. The molecule has 4 nitrogen and oxygen atoms in total. The summed E-state index contributed by atoms with van der Waals surface area (Å²) >= 11 is 0. The van der Waals surface area contributed by atoms with Crippen LogP contribution in [0.5, 0.6) is 0 Å². The zero-order chi connectivity index (χ0) is 9.26. The van der Waals surface area contributed by atoms with Gasteiger partial charge in [0.2, 0.25) is 0 Å². The molecule has 0 atom stereocenters. The van der Waals surface area contributed by atoms with E-state index in [4.69, 9.17) is 0 Å². The van der Waals surface area contributed by atoms with E-state index < -0.39 is 0 Å². The maximum atomic E-state index is 11.6. The van der Waals surface area contributed by atoms with Gasteiger partial charge in [0.05, 0.1) is 0 Å². The van der Waals surface area contributed by atoms with Crippen molar-refractivity contribution in [2.24, 2.45) is 0 Å². The first-order valence-electron chi connectivity index (χ1n) is 4.03. The van der Waals surface area contributed by atoms with Gasteiger partial charge in [-0.25, -0.2) is 0 Å². The van der Waals surface area contributed by atoms with Gasteiger partial charge in [-0.15, -0.1) is 0 Å². The topological polar surface area (TPSA) is 57.9 Å². The summed E-state index contributed by atoms with van der Waals surface area (Å²) in [4.78, 5) is 5.80. The Morgan fingerprint density at radius 2 is 2.08 bits per heavy atom. The summed E-state index contributed by atoms with van der Waals surface area (Å²) in [6, 6.07) is 7.13. The Bertz CT molecular complexity index is 377. The van der Waals surface area contributed by atoms with Crippen LogP contribution in [0, 0.1) is 12.1 Å². The van der Waals surface area contributed by atoms with Crippen LogP contribution in [-0.2, 0) is 0 Å². The molecule has 2 rings (SSSR count). The van der Waals surface area contributed by atoms with E-state index >= 15 is 0 Å². The number of aromatic nitrogens is 2. The van der Waals surface area contributed by atoms with Gasteiger partial charge in [0, 0.05) is 11.9 Å². The summed E-state index contributed by atoms with van der Waals surface area (Å²) in [6.45, 7) is 1.91. The van der Waals surface area contributed by atoms with E-state index in [9.17, 15) is 5.21 Å². The van der Waals surface area contributed by atoms with E-state index in [1.165, 1.54) is 0 Å². The summed E-state index contributed by atoms with van der Waals surface area (Å²) in [7, 11) is 0. The van der Waals surface area contributed by atoms with Gasteiger partial charge < -0.3 is 20.2 Å². The molecule has 0 unspecified atom stereocenters. The summed E-state index contributed by atoms with van der Waals surface area (Å²) < 4.78 is 0. The van der Waals surface area contributed by atoms with E-state index in [2.05, 4.69) is 9.97 Å². The number of hydrogen-bond acceptors (Lipinski definition) is 2. The van der Waals surface area contributed by atoms with Gasteiger partial charge in [0.15, 0.2) is 0 Å². The lowest BCUT2D eigenvalue weighted by atomic mass is 10.5. The minimum Gasteiger partial charge on any atom is -0.752 e. The van der Waals surface area contributed by atoms with Crippen molar-refractivity contribution in [1.29, 1.82) is 0 Å². The first kappa shape index (κ1) is 7.94. The van der Waals surface area contributed by atoms with E-state index in [0.29, 0.717) is 11.6 Å². The molecule has 0 spiro atoms. The number of anilines is 2. The third-order valence-corrected chi connectivity index (χ3v) is 1.84. The monoisotopic (exact) mass is 176 g/mol. The van der Waals surface area contributed by atoms with Crippen LogP contribution in [0.2, 0.25) is 0 Å². The summed E-state index contributed by atoms with van der Waals surface area (Å²) in [5.74, 6) is 1.07. The minimum atomic E-state index is 0.529. The molecule has 2 heterocycles. The Balaban J connectivity index is 2.28. The number of aryl methyl sites for hydroxylation is 1. The lowest BCUT2D eigenvalue weighted by molar-refractivity contribution is 1.15. The Labute approximate surface area is 75.8 Å². The highest BCUT2D eigenvalue weighted by molar-refractivity contribution is 5.57. The molecule has 2 aromatic heterocycles. The van der Waals surface area contributed by atoms with Crippen LogP contribution in [-0.4, -0.2) is 9.97 Å². The van der Waals surface area contributed by atoms with Crippen molar-refractivity contribution >= 4 is 11.6 Å². The van der Waals surface area contributed by atoms with Gasteiger partial charge >= 0.3 is 0 Å². The number of nitrogens with one attached hydrogen (secondary N) is 2.